The lowest BCUT2D eigenvalue weighted by atomic mass is 10.2. The molecule has 0 aliphatic carbocycles. The fourth-order valence-corrected chi connectivity index (χ4v) is 2.94. The van der Waals surface area contributed by atoms with Crippen molar-refractivity contribution >= 4 is 40.2 Å². The monoisotopic (exact) mass is 382 g/mol. The van der Waals surface area contributed by atoms with Gasteiger partial charge < -0.3 is 15.1 Å². The third kappa shape index (κ3) is 4.25. The molecule has 2 amide bonds. The maximum atomic E-state index is 12.8. The lowest BCUT2D eigenvalue weighted by Gasteiger charge is -2.06. The smallest absolute Gasteiger partial charge is 0.293 e. The van der Waals surface area contributed by atoms with E-state index < -0.39 is 5.91 Å². The van der Waals surface area contributed by atoms with Crippen molar-refractivity contribution < 1.29 is 14.0 Å². The van der Waals surface area contributed by atoms with Crippen LogP contribution < -0.4 is 10.6 Å². The molecule has 0 radical (unpaired) electrons. The summed E-state index contributed by atoms with van der Waals surface area (Å²) in [5, 5.41) is 6.24. The van der Waals surface area contributed by atoms with Crippen molar-refractivity contribution in [3.63, 3.8) is 0 Å². The number of anilines is 2. The van der Waals surface area contributed by atoms with Crippen LogP contribution in [0.2, 0.25) is 0 Å². The molecule has 29 heavy (non-hydrogen) atoms. The molecule has 0 atom stereocenters. The Morgan fingerprint density at radius 1 is 0.759 bits per heavy atom. The molecule has 2 N–H and O–H groups in total. The van der Waals surface area contributed by atoms with Crippen LogP contribution in [0.25, 0.3) is 17.0 Å². The summed E-state index contributed by atoms with van der Waals surface area (Å²) in [5.74, 6) is -0.736. The van der Waals surface area contributed by atoms with Gasteiger partial charge in [0.25, 0.3) is 5.91 Å². The fraction of sp³-hybridized carbons (Fsp3) is 0. The minimum absolute atomic E-state index is 0.0523. The van der Waals surface area contributed by atoms with E-state index in [0.29, 0.717) is 22.3 Å². The van der Waals surface area contributed by atoms with Crippen LogP contribution in [0, 0.1) is 0 Å². The molecule has 0 unspecified atom stereocenters. The van der Waals surface area contributed by atoms with E-state index in [2.05, 4.69) is 10.6 Å². The highest BCUT2D eigenvalue weighted by Gasteiger charge is 2.21. The second kappa shape index (κ2) is 8.27. The maximum absolute atomic E-state index is 12.8. The third-order valence-corrected chi connectivity index (χ3v) is 4.31. The zero-order valence-corrected chi connectivity index (χ0v) is 15.5. The summed E-state index contributed by atoms with van der Waals surface area (Å²) >= 11 is 0. The van der Waals surface area contributed by atoms with Gasteiger partial charge in [-0.15, -0.1) is 0 Å². The van der Waals surface area contributed by atoms with Crippen molar-refractivity contribution in [2.45, 2.75) is 0 Å². The van der Waals surface area contributed by atoms with Crippen LogP contribution >= 0.6 is 0 Å². The first-order chi connectivity index (χ1) is 14.2. The number of benzene rings is 3. The van der Waals surface area contributed by atoms with E-state index >= 15 is 0 Å². The predicted molar refractivity (Wildman–Crippen MR) is 115 cm³/mol. The van der Waals surface area contributed by atoms with Crippen molar-refractivity contribution in [3.8, 4) is 0 Å². The number of furan rings is 1. The average molecular weight is 382 g/mol. The Morgan fingerprint density at radius 3 is 2.17 bits per heavy atom. The third-order valence-electron chi connectivity index (χ3n) is 4.31. The molecule has 0 aliphatic rings. The Morgan fingerprint density at radius 2 is 1.41 bits per heavy atom. The predicted octanol–water partition coefficient (Wildman–Crippen LogP) is 5.34. The lowest BCUT2D eigenvalue weighted by molar-refractivity contribution is -0.111. The molecule has 0 saturated heterocycles. The van der Waals surface area contributed by atoms with Crippen LogP contribution in [0.5, 0.6) is 0 Å². The molecule has 0 bridgehead atoms. The molecule has 3 aromatic carbocycles. The Hall–Kier alpha value is -4.12. The highest BCUT2D eigenvalue weighted by molar-refractivity contribution is 6.16. The Balaban J connectivity index is 1.62. The number of hydrogen-bond donors (Lipinski definition) is 2. The van der Waals surface area contributed by atoms with Crippen LogP contribution in [-0.2, 0) is 4.79 Å². The quantitative estimate of drug-likeness (QED) is 0.458. The number of nitrogens with one attached hydrogen (secondary N) is 2. The first-order valence-corrected chi connectivity index (χ1v) is 9.13. The largest absolute Gasteiger partial charge is 0.449 e. The summed E-state index contributed by atoms with van der Waals surface area (Å²) in [6.45, 7) is 0. The number of para-hydroxylation sites is 2. The Bertz CT molecular complexity index is 1180. The topological polar surface area (TPSA) is 71.3 Å². The van der Waals surface area contributed by atoms with E-state index in [1.54, 1.807) is 30.3 Å². The SMILES string of the molecule is O=C(/C=C/c1ccccc1)Nc1c(C(=O)Nc2ccccc2)oc2ccccc12. The first kappa shape index (κ1) is 18.3. The number of hydrogen-bond acceptors (Lipinski definition) is 3. The Kier molecular flexibility index (Phi) is 5.21. The normalized spacial score (nSPS) is 10.9. The number of fused-ring (bicyclic) bond motifs is 1. The van der Waals surface area contributed by atoms with Crippen LogP contribution in [0.4, 0.5) is 11.4 Å². The average Bonchev–Trinajstić information content (AvgIpc) is 3.12. The number of carbonyl (C=O) groups is 2. The molecular formula is C24H18N2O3. The summed E-state index contributed by atoms with van der Waals surface area (Å²) < 4.78 is 5.75. The molecule has 0 fully saturated rings. The van der Waals surface area contributed by atoms with Gasteiger partial charge in [-0.25, -0.2) is 0 Å². The molecule has 0 aliphatic heterocycles. The van der Waals surface area contributed by atoms with Crippen molar-refractivity contribution in [2.75, 3.05) is 10.6 Å². The summed E-state index contributed by atoms with van der Waals surface area (Å²) in [6.07, 6.45) is 3.14. The minimum Gasteiger partial charge on any atom is -0.449 e. The molecule has 1 heterocycles. The zero-order chi connectivity index (χ0) is 20.1. The number of amides is 2. The van der Waals surface area contributed by atoms with Gasteiger partial charge in [0.15, 0.2) is 0 Å². The molecular weight excluding hydrogens is 364 g/mol. The Labute approximate surface area is 167 Å². The van der Waals surface area contributed by atoms with Gasteiger partial charge in [-0.2, -0.15) is 0 Å². The van der Waals surface area contributed by atoms with Crippen LogP contribution in [0.3, 0.4) is 0 Å². The highest BCUT2D eigenvalue weighted by Crippen LogP contribution is 2.31. The van der Waals surface area contributed by atoms with Gasteiger partial charge in [0.05, 0.1) is 0 Å². The summed E-state index contributed by atoms with van der Waals surface area (Å²) in [5.41, 5.74) is 2.41. The molecule has 0 spiro atoms. The molecule has 0 saturated carbocycles. The van der Waals surface area contributed by atoms with Gasteiger partial charge in [0.1, 0.15) is 11.3 Å². The molecule has 4 aromatic rings. The van der Waals surface area contributed by atoms with Gasteiger partial charge in [0.2, 0.25) is 11.7 Å². The number of carbonyl (C=O) groups excluding carboxylic acids is 2. The van der Waals surface area contributed by atoms with Gasteiger partial charge in [-0.1, -0.05) is 60.7 Å². The molecule has 142 valence electrons. The fourth-order valence-electron chi connectivity index (χ4n) is 2.94. The second-order valence-corrected chi connectivity index (χ2v) is 6.36. The van der Waals surface area contributed by atoms with Gasteiger partial charge in [-0.3, -0.25) is 9.59 Å². The molecule has 1 aromatic heterocycles. The van der Waals surface area contributed by atoms with Crippen LogP contribution in [0.1, 0.15) is 16.1 Å². The zero-order valence-electron chi connectivity index (χ0n) is 15.5. The van der Waals surface area contributed by atoms with Gasteiger partial charge in [0, 0.05) is 17.1 Å². The van der Waals surface area contributed by atoms with E-state index in [0.717, 1.165) is 5.56 Å². The van der Waals surface area contributed by atoms with E-state index in [4.69, 9.17) is 4.42 Å². The first-order valence-electron chi connectivity index (χ1n) is 9.13. The lowest BCUT2D eigenvalue weighted by Crippen LogP contribution is -2.15. The van der Waals surface area contributed by atoms with Gasteiger partial charge in [-0.05, 0) is 35.9 Å². The van der Waals surface area contributed by atoms with Gasteiger partial charge >= 0.3 is 0 Å². The van der Waals surface area contributed by atoms with E-state index in [-0.39, 0.29) is 11.7 Å². The van der Waals surface area contributed by atoms with E-state index in [1.165, 1.54) is 6.08 Å². The summed E-state index contributed by atoms with van der Waals surface area (Å²) in [4.78, 5) is 25.3. The molecule has 5 heteroatoms. The van der Waals surface area contributed by atoms with E-state index in [9.17, 15) is 9.59 Å². The molecule has 5 nitrogen and oxygen atoms in total. The van der Waals surface area contributed by atoms with Crippen molar-refractivity contribution in [2.24, 2.45) is 0 Å². The maximum Gasteiger partial charge on any atom is 0.293 e. The minimum atomic E-state index is -0.435. The van der Waals surface area contributed by atoms with Crippen LogP contribution in [0.15, 0.2) is 95.4 Å². The highest BCUT2D eigenvalue weighted by atomic mass is 16.3. The number of rotatable bonds is 5. The molecule has 4 rings (SSSR count). The van der Waals surface area contributed by atoms with Crippen LogP contribution in [-0.4, -0.2) is 11.8 Å². The standard InChI is InChI=1S/C24H18N2O3/c27-21(16-15-17-9-3-1-4-10-17)26-22-19-13-7-8-14-20(19)29-23(22)24(28)25-18-11-5-2-6-12-18/h1-16H,(H,25,28)(H,26,27)/b16-15+. The summed E-state index contributed by atoms with van der Waals surface area (Å²) in [6, 6.07) is 25.8. The summed E-state index contributed by atoms with van der Waals surface area (Å²) in [7, 11) is 0. The van der Waals surface area contributed by atoms with Crippen molar-refractivity contribution in [1.29, 1.82) is 0 Å². The van der Waals surface area contributed by atoms with Crippen molar-refractivity contribution in [1.82, 2.24) is 0 Å². The second-order valence-electron chi connectivity index (χ2n) is 6.36. The van der Waals surface area contributed by atoms with Crippen molar-refractivity contribution in [3.05, 3.63) is 102 Å². The van der Waals surface area contributed by atoms with E-state index in [1.807, 2.05) is 60.7 Å².